The van der Waals surface area contributed by atoms with Crippen LogP contribution < -0.4 is 9.47 Å². The van der Waals surface area contributed by atoms with Crippen molar-refractivity contribution in [3.8, 4) is 23.0 Å². The number of fused-ring (bicyclic) bond motifs is 4. The maximum atomic E-state index is 5.76. The van der Waals surface area contributed by atoms with Gasteiger partial charge in [0, 0.05) is 0 Å². The Bertz CT molecular complexity index is 907. The Labute approximate surface area is 206 Å². The van der Waals surface area contributed by atoms with Crippen LogP contribution in [0.2, 0.25) is 0 Å². The molecule has 0 N–H and O–H groups in total. The van der Waals surface area contributed by atoms with Gasteiger partial charge in [0.2, 0.25) is 0 Å². The van der Waals surface area contributed by atoms with Crippen LogP contribution in [-0.4, -0.2) is 0 Å². The average Bonchev–Trinajstić information content (AvgIpc) is 2.82. The van der Waals surface area contributed by atoms with Crippen molar-refractivity contribution in [2.24, 2.45) is 0 Å². The van der Waals surface area contributed by atoms with Crippen LogP contribution in [0.4, 0.5) is 0 Å². The molecule has 0 bridgehead atoms. The van der Waals surface area contributed by atoms with Crippen LogP contribution in [0.3, 0.4) is 0 Å². The van der Waals surface area contributed by atoms with Crippen molar-refractivity contribution in [1.29, 1.82) is 0 Å². The average molecular weight is 667 g/mol. The smallest absolute Gasteiger partial charge is 0.141 e. The number of hydrogen-bond acceptors (Lipinski definition) is 4. The predicted molar refractivity (Wildman–Crippen MR) is 126 cm³/mol. The Balaban J connectivity index is 0.000000133. The van der Waals surface area contributed by atoms with E-state index in [4.69, 9.17) is 28.3 Å². The van der Waals surface area contributed by atoms with Gasteiger partial charge < -0.3 is 9.47 Å². The molecule has 0 amide bonds. The molecule has 4 aromatic carbocycles. The summed E-state index contributed by atoms with van der Waals surface area (Å²) in [7, 11) is 9.75. The minimum atomic E-state index is -0.472. The van der Waals surface area contributed by atoms with Gasteiger partial charge in [0.05, 0.1) is 19.6 Å². The van der Waals surface area contributed by atoms with E-state index in [0.29, 0.717) is 0 Å². The molecule has 0 radical (unpaired) electrons. The third-order valence-corrected chi connectivity index (χ3v) is 6.51. The molecule has 0 atom stereocenters. The van der Waals surface area contributed by atoms with Gasteiger partial charge in [-0.05, 0) is 48.5 Å². The zero-order valence-electron chi connectivity index (χ0n) is 15.9. The van der Waals surface area contributed by atoms with E-state index in [1.165, 1.54) is 19.6 Å². The van der Waals surface area contributed by atoms with Gasteiger partial charge in [-0.25, -0.2) is 0 Å². The summed E-state index contributed by atoms with van der Waals surface area (Å²) in [6.45, 7) is 0. The zero-order chi connectivity index (χ0) is 21.5. The summed E-state index contributed by atoms with van der Waals surface area (Å²) in [4.78, 5) is 4.75. The molecule has 0 spiro atoms. The van der Waals surface area contributed by atoms with Gasteiger partial charge in [-0.2, -0.15) is 0 Å². The van der Waals surface area contributed by atoms with E-state index in [-0.39, 0.29) is 0 Å². The normalized spacial score (nSPS) is 12.1. The van der Waals surface area contributed by atoms with Crippen LogP contribution in [0.1, 0.15) is 0 Å². The molecule has 0 fully saturated rings. The van der Waals surface area contributed by atoms with Gasteiger partial charge in [-0.3, -0.25) is 0 Å². The third kappa shape index (κ3) is 5.83. The van der Waals surface area contributed by atoms with E-state index in [2.05, 4.69) is 24.3 Å². The van der Waals surface area contributed by atoms with Gasteiger partial charge >= 0.3 is 35.3 Å². The van der Waals surface area contributed by atoms with Crippen molar-refractivity contribution >= 4 is 42.4 Å². The first kappa shape index (κ1) is 22.6. The maximum Gasteiger partial charge on any atom is 0.141 e. The Morgan fingerprint density at radius 3 is 0.935 bits per heavy atom. The van der Waals surface area contributed by atoms with Crippen LogP contribution >= 0.6 is 42.4 Å². The van der Waals surface area contributed by atoms with Crippen LogP contribution in [0, 0.1) is 0 Å². The first-order chi connectivity index (χ1) is 15.3. The van der Waals surface area contributed by atoms with Crippen molar-refractivity contribution < 1.29 is 26.0 Å². The summed E-state index contributed by atoms with van der Waals surface area (Å²) in [6, 6.07) is 32.4. The monoisotopic (exact) mass is 665 g/mol. The summed E-state index contributed by atoms with van der Waals surface area (Å²) in [5.41, 5.74) is 0. The fourth-order valence-electron chi connectivity index (χ4n) is 2.95. The number of halogens is 2. The molecule has 2 aliphatic heterocycles. The molecule has 0 saturated heterocycles. The summed E-state index contributed by atoms with van der Waals surface area (Å²) in [6.07, 6.45) is 0. The van der Waals surface area contributed by atoms with Gasteiger partial charge in [0.1, 0.15) is 23.0 Å². The summed E-state index contributed by atoms with van der Waals surface area (Å²) in [5, 5.41) is 0. The Hall–Kier alpha value is -1.55. The molecule has 160 valence electrons. The molecule has 0 unspecified atom stereocenters. The van der Waals surface area contributed by atoms with Gasteiger partial charge in [-0.15, -0.1) is 0 Å². The van der Waals surface area contributed by atoms with Crippen molar-refractivity contribution in [2.75, 3.05) is 0 Å². The van der Waals surface area contributed by atoms with Crippen molar-refractivity contribution in [3.05, 3.63) is 97.1 Å². The van der Waals surface area contributed by atoms with Crippen molar-refractivity contribution in [3.63, 3.8) is 0 Å². The standard InChI is InChI=1S/2C12H8OS.2ClH.Pt/c2*1-3-7-11-9(5-1)13-10-6-2-4-8-12(10)14-11;;;/h2*1-8H;2*1H;/q;;;;+2/p-2. The van der Waals surface area contributed by atoms with Crippen LogP contribution in [-0.2, 0) is 16.5 Å². The van der Waals surface area contributed by atoms with E-state index >= 15 is 0 Å². The van der Waals surface area contributed by atoms with E-state index in [0.717, 1.165) is 23.0 Å². The van der Waals surface area contributed by atoms with E-state index < -0.39 is 16.5 Å². The second kappa shape index (κ2) is 11.4. The fourth-order valence-corrected chi connectivity index (χ4v) is 4.85. The Morgan fingerprint density at radius 1 is 0.452 bits per heavy atom. The number of rotatable bonds is 0. The third-order valence-electron chi connectivity index (χ3n) is 4.28. The number of para-hydroxylation sites is 4. The molecule has 0 aliphatic carbocycles. The first-order valence-electron chi connectivity index (χ1n) is 9.18. The first-order valence-corrected chi connectivity index (χ1v) is 16.4. The van der Waals surface area contributed by atoms with Crippen molar-refractivity contribution in [1.82, 2.24) is 0 Å². The second-order valence-electron chi connectivity index (χ2n) is 6.24. The minimum absolute atomic E-state index is 0.472. The molecule has 2 nitrogen and oxygen atoms in total. The Morgan fingerprint density at radius 2 is 0.677 bits per heavy atom. The number of benzene rings is 4. The molecular weight excluding hydrogens is 650 g/mol. The topological polar surface area (TPSA) is 18.5 Å². The molecule has 7 heteroatoms. The predicted octanol–water partition coefficient (Wildman–Crippen LogP) is 9.26. The SMILES string of the molecule is [Cl][Pt][Cl].c1ccc2c(c1)Oc1ccccc1S2.c1ccc2c(c1)Oc1ccccc1S2. The van der Waals surface area contributed by atoms with Crippen LogP contribution in [0.15, 0.2) is 117 Å². The van der Waals surface area contributed by atoms with Crippen LogP contribution in [0.5, 0.6) is 23.0 Å². The van der Waals surface area contributed by atoms with Gasteiger partial charge in [0.15, 0.2) is 0 Å². The molecule has 31 heavy (non-hydrogen) atoms. The molecule has 0 aromatic heterocycles. The molecule has 6 rings (SSSR count). The van der Waals surface area contributed by atoms with E-state index in [9.17, 15) is 0 Å². The van der Waals surface area contributed by atoms with Crippen molar-refractivity contribution in [2.45, 2.75) is 19.6 Å². The van der Waals surface area contributed by atoms with Crippen LogP contribution in [0.25, 0.3) is 0 Å². The quantitative estimate of drug-likeness (QED) is 0.161. The largest absolute Gasteiger partial charge is 0.455 e. The zero-order valence-corrected chi connectivity index (χ0v) is 21.4. The van der Waals surface area contributed by atoms with Gasteiger partial charge in [-0.1, -0.05) is 72.1 Å². The molecule has 0 saturated carbocycles. The van der Waals surface area contributed by atoms with E-state index in [1.54, 1.807) is 23.5 Å². The molecular formula is C24H16Cl2O2PtS2. The van der Waals surface area contributed by atoms with E-state index in [1.807, 2.05) is 72.8 Å². The Kier molecular flexibility index (Phi) is 8.29. The fraction of sp³-hybridized carbons (Fsp3) is 0. The summed E-state index contributed by atoms with van der Waals surface area (Å²) >= 11 is 3.04. The molecule has 2 aliphatic rings. The summed E-state index contributed by atoms with van der Waals surface area (Å²) < 4.78 is 11.5. The van der Waals surface area contributed by atoms with Gasteiger partial charge in [0.25, 0.3) is 0 Å². The minimum Gasteiger partial charge on any atom is -0.455 e. The number of ether oxygens (including phenoxy) is 2. The summed E-state index contributed by atoms with van der Waals surface area (Å²) in [5.74, 6) is 3.82. The molecule has 2 heterocycles. The molecule has 4 aromatic rings. The maximum absolute atomic E-state index is 5.76. The second-order valence-corrected chi connectivity index (χ2v) is 11.7. The number of hydrogen-bond donors (Lipinski definition) is 0.